The van der Waals surface area contributed by atoms with Crippen molar-refractivity contribution in [3.63, 3.8) is 0 Å². The molecule has 0 aliphatic carbocycles. The van der Waals surface area contributed by atoms with E-state index in [0.29, 0.717) is 5.92 Å². The first kappa shape index (κ1) is 14.8. The maximum absolute atomic E-state index is 5.05. The van der Waals surface area contributed by atoms with Gasteiger partial charge < -0.3 is 15.0 Å². The maximum atomic E-state index is 5.05. The van der Waals surface area contributed by atoms with Crippen molar-refractivity contribution in [2.75, 3.05) is 44.8 Å². The molecule has 5 heteroatoms. The Morgan fingerprint density at radius 2 is 2.42 bits per heavy atom. The average Bonchev–Trinajstić information content (AvgIpc) is 2.45. The van der Waals surface area contributed by atoms with Gasteiger partial charge in [-0.1, -0.05) is 0 Å². The molecule has 1 atom stereocenters. The van der Waals surface area contributed by atoms with Gasteiger partial charge in [0.25, 0.3) is 0 Å². The molecule has 1 aliphatic heterocycles. The molecular formula is C14H22BrN3O. The van der Waals surface area contributed by atoms with Crippen molar-refractivity contribution in [1.82, 2.24) is 10.3 Å². The Labute approximate surface area is 123 Å². The van der Waals surface area contributed by atoms with Gasteiger partial charge in [-0.25, -0.2) is 4.98 Å². The van der Waals surface area contributed by atoms with E-state index >= 15 is 0 Å². The Morgan fingerprint density at radius 1 is 1.53 bits per heavy atom. The zero-order chi connectivity index (χ0) is 13.5. The van der Waals surface area contributed by atoms with Gasteiger partial charge in [-0.15, -0.1) is 0 Å². The largest absolute Gasteiger partial charge is 0.383 e. The SMILES string of the molecule is COCCNCC1CCCN(c2ccc(Br)cn2)C1. The Kier molecular flexibility index (Phi) is 6.07. The first-order valence-electron chi connectivity index (χ1n) is 6.85. The topological polar surface area (TPSA) is 37.4 Å². The second kappa shape index (κ2) is 7.82. The molecule has 1 aliphatic rings. The summed E-state index contributed by atoms with van der Waals surface area (Å²) in [7, 11) is 1.74. The molecule has 0 radical (unpaired) electrons. The first-order valence-corrected chi connectivity index (χ1v) is 7.65. The number of hydrogen-bond acceptors (Lipinski definition) is 4. The lowest BCUT2D eigenvalue weighted by Crippen LogP contribution is -2.40. The molecule has 2 heterocycles. The molecule has 0 aromatic carbocycles. The lowest BCUT2D eigenvalue weighted by molar-refractivity contribution is 0.197. The van der Waals surface area contributed by atoms with Gasteiger partial charge in [0.05, 0.1) is 6.61 Å². The molecule has 0 spiro atoms. The van der Waals surface area contributed by atoms with Crippen molar-refractivity contribution in [2.24, 2.45) is 5.92 Å². The standard InChI is InChI=1S/C14H22BrN3O/c1-19-8-6-16-9-12-3-2-7-18(11-12)14-5-4-13(15)10-17-14/h4-5,10,12,16H,2-3,6-9,11H2,1H3. The van der Waals surface area contributed by atoms with E-state index < -0.39 is 0 Å². The fourth-order valence-electron chi connectivity index (χ4n) is 2.48. The number of rotatable bonds is 6. The molecular weight excluding hydrogens is 306 g/mol. The van der Waals surface area contributed by atoms with Crippen LogP contribution >= 0.6 is 15.9 Å². The van der Waals surface area contributed by atoms with Gasteiger partial charge in [-0.05, 0) is 53.4 Å². The molecule has 4 nitrogen and oxygen atoms in total. The number of pyridine rings is 1. The van der Waals surface area contributed by atoms with Crippen molar-refractivity contribution in [3.05, 3.63) is 22.8 Å². The van der Waals surface area contributed by atoms with E-state index in [1.54, 1.807) is 7.11 Å². The van der Waals surface area contributed by atoms with Gasteiger partial charge >= 0.3 is 0 Å². The van der Waals surface area contributed by atoms with Crippen LogP contribution in [-0.4, -0.2) is 44.9 Å². The summed E-state index contributed by atoms with van der Waals surface area (Å²) in [6.07, 6.45) is 4.41. The number of anilines is 1. The van der Waals surface area contributed by atoms with Gasteiger partial charge in [0.1, 0.15) is 5.82 Å². The molecule has 0 bridgehead atoms. The van der Waals surface area contributed by atoms with E-state index in [-0.39, 0.29) is 0 Å². The smallest absolute Gasteiger partial charge is 0.128 e. The number of nitrogens with zero attached hydrogens (tertiary/aromatic N) is 2. The zero-order valence-corrected chi connectivity index (χ0v) is 13.0. The Hall–Kier alpha value is -0.650. The van der Waals surface area contributed by atoms with Crippen LogP contribution in [0.15, 0.2) is 22.8 Å². The van der Waals surface area contributed by atoms with Crippen LogP contribution in [0.3, 0.4) is 0 Å². The highest BCUT2D eigenvalue weighted by atomic mass is 79.9. The molecule has 1 aromatic heterocycles. The molecule has 0 amide bonds. The first-order chi connectivity index (χ1) is 9.29. The van der Waals surface area contributed by atoms with Gasteiger partial charge in [0.2, 0.25) is 0 Å². The number of methoxy groups -OCH3 is 1. The number of aromatic nitrogens is 1. The zero-order valence-electron chi connectivity index (χ0n) is 11.4. The highest BCUT2D eigenvalue weighted by Crippen LogP contribution is 2.22. The summed E-state index contributed by atoms with van der Waals surface area (Å²) in [6, 6.07) is 4.15. The van der Waals surface area contributed by atoms with Gasteiger partial charge in [0.15, 0.2) is 0 Å². The van der Waals surface area contributed by atoms with Crippen LogP contribution in [-0.2, 0) is 4.74 Å². The molecule has 1 unspecified atom stereocenters. The van der Waals surface area contributed by atoms with Crippen LogP contribution in [0.4, 0.5) is 5.82 Å². The molecule has 1 saturated heterocycles. The number of piperidine rings is 1. The molecule has 19 heavy (non-hydrogen) atoms. The third kappa shape index (κ3) is 4.75. The van der Waals surface area contributed by atoms with Crippen LogP contribution in [0.25, 0.3) is 0 Å². The van der Waals surface area contributed by atoms with Crippen LogP contribution in [0.5, 0.6) is 0 Å². The van der Waals surface area contributed by atoms with E-state index in [2.05, 4.69) is 43.3 Å². The monoisotopic (exact) mass is 327 g/mol. The van der Waals surface area contributed by atoms with Gasteiger partial charge in [-0.3, -0.25) is 0 Å². The van der Waals surface area contributed by atoms with Crippen LogP contribution in [0, 0.1) is 5.92 Å². The van der Waals surface area contributed by atoms with Crippen molar-refractivity contribution in [1.29, 1.82) is 0 Å². The van der Waals surface area contributed by atoms with Crippen LogP contribution in [0.2, 0.25) is 0 Å². The number of halogens is 1. The second-order valence-corrected chi connectivity index (χ2v) is 5.90. The molecule has 1 N–H and O–H groups in total. The average molecular weight is 328 g/mol. The molecule has 2 rings (SSSR count). The maximum Gasteiger partial charge on any atom is 0.128 e. The fourth-order valence-corrected chi connectivity index (χ4v) is 2.71. The second-order valence-electron chi connectivity index (χ2n) is 4.99. The third-order valence-electron chi connectivity index (χ3n) is 3.47. The summed E-state index contributed by atoms with van der Waals surface area (Å²) < 4.78 is 6.08. The Balaban J connectivity index is 1.81. The summed E-state index contributed by atoms with van der Waals surface area (Å²) in [6.45, 7) is 4.99. The van der Waals surface area contributed by atoms with Crippen molar-refractivity contribution in [2.45, 2.75) is 12.8 Å². The van der Waals surface area contributed by atoms with Gasteiger partial charge in [0, 0.05) is 37.4 Å². The van der Waals surface area contributed by atoms with E-state index in [0.717, 1.165) is 43.1 Å². The minimum Gasteiger partial charge on any atom is -0.383 e. The van der Waals surface area contributed by atoms with Crippen molar-refractivity contribution in [3.8, 4) is 0 Å². The minimum absolute atomic E-state index is 0.705. The van der Waals surface area contributed by atoms with Gasteiger partial charge in [-0.2, -0.15) is 0 Å². The summed E-state index contributed by atoms with van der Waals surface area (Å²) in [5.41, 5.74) is 0. The Bertz CT molecular complexity index is 371. The lowest BCUT2D eigenvalue weighted by Gasteiger charge is -2.33. The van der Waals surface area contributed by atoms with E-state index in [1.165, 1.54) is 12.8 Å². The van der Waals surface area contributed by atoms with E-state index in [1.807, 2.05) is 6.20 Å². The summed E-state index contributed by atoms with van der Waals surface area (Å²) in [5, 5.41) is 3.46. The highest BCUT2D eigenvalue weighted by Gasteiger charge is 2.20. The van der Waals surface area contributed by atoms with Crippen molar-refractivity contribution >= 4 is 21.7 Å². The molecule has 0 saturated carbocycles. The summed E-state index contributed by atoms with van der Waals surface area (Å²) >= 11 is 3.43. The number of hydrogen-bond donors (Lipinski definition) is 1. The van der Waals surface area contributed by atoms with Crippen LogP contribution < -0.4 is 10.2 Å². The molecule has 1 aromatic rings. The van der Waals surface area contributed by atoms with E-state index in [4.69, 9.17) is 4.74 Å². The number of nitrogens with one attached hydrogen (secondary N) is 1. The van der Waals surface area contributed by atoms with Crippen LogP contribution in [0.1, 0.15) is 12.8 Å². The number of ether oxygens (including phenoxy) is 1. The summed E-state index contributed by atoms with van der Waals surface area (Å²) in [4.78, 5) is 6.87. The third-order valence-corrected chi connectivity index (χ3v) is 3.94. The van der Waals surface area contributed by atoms with E-state index in [9.17, 15) is 0 Å². The minimum atomic E-state index is 0.705. The normalized spacial score (nSPS) is 19.7. The van der Waals surface area contributed by atoms with Crippen molar-refractivity contribution < 1.29 is 4.74 Å². The highest BCUT2D eigenvalue weighted by molar-refractivity contribution is 9.10. The molecule has 106 valence electrons. The fraction of sp³-hybridized carbons (Fsp3) is 0.643. The predicted octanol–water partition coefficient (Wildman–Crippen LogP) is 2.30. The summed E-state index contributed by atoms with van der Waals surface area (Å²) in [5.74, 6) is 1.79. The Morgan fingerprint density at radius 3 is 3.16 bits per heavy atom. The predicted molar refractivity (Wildman–Crippen MR) is 81.6 cm³/mol. The molecule has 1 fully saturated rings. The lowest BCUT2D eigenvalue weighted by atomic mass is 9.98. The quantitative estimate of drug-likeness (QED) is 0.813.